The van der Waals surface area contributed by atoms with Crippen molar-refractivity contribution in [3.8, 4) is 22.5 Å². The summed E-state index contributed by atoms with van der Waals surface area (Å²) >= 11 is 0. The number of carboxylic acid groups (broad SMARTS) is 1. The number of fused-ring (bicyclic) bond motifs is 1. The van der Waals surface area contributed by atoms with Crippen LogP contribution in [0.1, 0.15) is 69.3 Å². The molecule has 0 saturated carbocycles. The Labute approximate surface area is 221 Å². The second-order valence-corrected chi connectivity index (χ2v) is 10.6. The van der Waals surface area contributed by atoms with Crippen molar-refractivity contribution in [1.82, 2.24) is 30.0 Å². The molecule has 38 heavy (non-hydrogen) atoms. The molecule has 0 spiro atoms. The summed E-state index contributed by atoms with van der Waals surface area (Å²) < 4.78 is 3.84. The largest absolute Gasteiger partial charge is 0.481 e. The highest BCUT2D eigenvalue weighted by molar-refractivity contribution is 5.80. The second kappa shape index (κ2) is 10.4. The molecule has 3 heterocycles. The number of H-pyrrole nitrogens is 1. The first-order chi connectivity index (χ1) is 18.3. The number of aliphatic carboxylic acids is 1. The van der Waals surface area contributed by atoms with Crippen LogP contribution >= 0.6 is 0 Å². The van der Waals surface area contributed by atoms with E-state index in [1.165, 1.54) is 0 Å². The van der Waals surface area contributed by atoms with Gasteiger partial charge in [-0.2, -0.15) is 5.21 Å². The average Bonchev–Trinajstić information content (AvgIpc) is 3.55. The zero-order chi connectivity index (χ0) is 26.9. The van der Waals surface area contributed by atoms with Gasteiger partial charge in [0, 0.05) is 29.8 Å². The van der Waals surface area contributed by atoms with Crippen LogP contribution in [0.2, 0.25) is 0 Å². The summed E-state index contributed by atoms with van der Waals surface area (Å²) in [5, 5.41) is 24.4. The molecule has 0 aliphatic carbocycles. The van der Waals surface area contributed by atoms with Crippen molar-refractivity contribution in [2.75, 3.05) is 0 Å². The molecule has 0 saturated heterocycles. The number of nitrogens with one attached hydrogen (secondary N) is 1. The first-order valence-electron chi connectivity index (χ1n) is 13.3. The SMILES string of the molecule is CCCCc1c(Cc2ccc(-c3ccccc3-c3nn[nH]n3)cc2)c(=O)n2n1CCCC2C(C)(C)C(=O)O. The van der Waals surface area contributed by atoms with E-state index in [0.717, 1.165) is 65.7 Å². The summed E-state index contributed by atoms with van der Waals surface area (Å²) in [6.07, 6.45) is 4.88. The Kier molecular flexibility index (Phi) is 7.01. The number of rotatable bonds is 9. The Bertz CT molecular complexity index is 1480. The van der Waals surface area contributed by atoms with Gasteiger partial charge in [-0.05, 0) is 61.4 Å². The summed E-state index contributed by atoms with van der Waals surface area (Å²) in [7, 11) is 0. The number of hydrogen-bond donors (Lipinski definition) is 2. The molecule has 9 heteroatoms. The predicted octanol–water partition coefficient (Wildman–Crippen LogP) is 4.88. The summed E-state index contributed by atoms with van der Waals surface area (Å²) in [6.45, 7) is 6.34. The number of aromatic nitrogens is 6. The highest BCUT2D eigenvalue weighted by Gasteiger charge is 2.42. The van der Waals surface area contributed by atoms with Crippen molar-refractivity contribution in [3.05, 3.63) is 75.7 Å². The summed E-state index contributed by atoms with van der Waals surface area (Å²) in [5.74, 6) is -0.339. The fraction of sp³-hybridized carbons (Fsp3) is 0.414. The molecule has 2 aromatic carbocycles. The number of carbonyl (C=O) groups is 1. The van der Waals surface area contributed by atoms with E-state index in [4.69, 9.17) is 0 Å². The summed E-state index contributed by atoms with van der Waals surface area (Å²) in [5.41, 5.74) is 4.70. The molecule has 5 rings (SSSR count). The molecule has 198 valence electrons. The number of benzene rings is 2. The topological polar surface area (TPSA) is 119 Å². The third-order valence-electron chi connectivity index (χ3n) is 7.84. The van der Waals surface area contributed by atoms with E-state index in [0.29, 0.717) is 18.7 Å². The van der Waals surface area contributed by atoms with Gasteiger partial charge in [-0.15, -0.1) is 10.2 Å². The number of unbranched alkanes of at least 4 members (excludes halogenated alkanes) is 1. The second-order valence-electron chi connectivity index (χ2n) is 10.6. The number of tetrazole rings is 1. The lowest BCUT2D eigenvalue weighted by molar-refractivity contribution is -0.150. The molecular weight excluding hydrogens is 480 g/mol. The lowest BCUT2D eigenvalue weighted by Gasteiger charge is -2.36. The van der Waals surface area contributed by atoms with Crippen molar-refractivity contribution in [3.63, 3.8) is 0 Å². The van der Waals surface area contributed by atoms with Crippen molar-refractivity contribution in [2.24, 2.45) is 5.41 Å². The third-order valence-corrected chi connectivity index (χ3v) is 7.84. The maximum atomic E-state index is 13.9. The van der Waals surface area contributed by atoms with Gasteiger partial charge in [0.1, 0.15) is 0 Å². The van der Waals surface area contributed by atoms with Crippen molar-refractivity contribution < 1.29 is 9.90 Å². The average molecular weight is 515 g/mol. The van der Waals surface area contributed by atoms with Crippen LogP contribution in [0.25, 0.3) is 22.5 Å². The minimum Gasteiger partial charge on any atom is -0.481 e. The number of aromatic amines is 1. The Morgan fingerprint density at radius 2 is 1.87 bits per heavy atom. The van der Waals surface area contributed by atoms with Gasteiger partial charge < -0.3 is 5.11 Å². The van der Waals surface area contributed by atoms with Crippen LogP contribution in [-0.4, -0.2) is 41.1 Å². The van der Waals surface area contributed by atoms with Crippen LogP contribution in [-0.2, 0) is 24.2 Å². The molecule has 1 aliphatic heterocycles. The fourth-order valence-corrected chi connectivity index (χ4v) is 5.59. The monoisotopic (exact) mass is 514 g/mol. The zero-order valence-corrected chi connectivity index (χ0v) is 22.1. The maximum absolute atomic E-state index is 13.9. The molecule has 4 aromatic rings. The van der Waals surface area contributed by atoms with Gasteiger partial charge in [0.2, 0.25) is 5.82 Å². The van der Waals surface area contributed by atoms with E-state index >= 15 is 0 Å². The molecule has 1 aliphatic rings. The van der Waals surface area contributed by atoms with E-state index in [9.17, 15) is 14.7 Å². The van der Waals surface area contributed by atoms with E-state index in [1.54, 1.807) is 18.5 Å². The van der Waals surface area contributed by atoms with Crippen LogP contribution in [0.15, 0.2) is 53.3 Å². The highest BCUT2D eigenvalue weighted by Crippen LogP contribution is 2.38. The smallest absolute Gasteiger partial charge is 0.311 e. The predicted molar refractivity (Wildman–Crippen MR) is 145 cm³/mol. The van der Waals surface area contributed by atoms with Crippen LogP contribution in [0.3, 0.4) is 0 Å². The Balaban J connectivity index is 1.51. The molecule has 0 amide bonds. The number of hydrogen-bond acceptors (Lipinski definition) is 5. The van der Waals surface area contributed by atoms with Crippen molar-refractivity contribution >= 4 is 5.97 Å². The van der Waals surface area contributed by atoms with E-state index in [2.05, 4.69) is 56.5 Å². The Hall–Kier alpha value is -4.01. The Morgan fingerprint density at radius 3 is 2.53 bits per heavy atom. The van der Waals surface area contributed by atoms with Crippen LogP contribution in [0.4, 0.5) is 0 Å². The molecule has 2 N–H and O–H groups in total. The van der Waals surface area contributed by atoms with Gasteiger partial charge in [0.25, 0.3) is 5.56 Å². The molecule has 0 bridgehead atoms. The van der Waals surface area contributed by atoms with Crippen molar-refractivity contribution in [1.29, 1.82) is 0 Å². The lowest BCUT2D eigenvalue weighted by atomic mass is 9.81. The van der Waals surface area contributed by atoms with Gasteiger partial charge in [0.15, 0.2) is 0 Å². The first kappa shape index (κ1) is 25.6. The number of carboxylic acids is 1. The van der Waals surface area contributed by atoms with Crippen LogP contribution in [0.5, 0.6) is 0 Å². The van der Waals surface area contributed by atoms with E-state index in [1.807, 2.05) is 24.3 Å². The number of nitrogens with zero attached hydrogens (tertiary/aromatic N) is 5. The molecular formula is C29H34N6O3. The molecule has 1 unspecified atom stereocenters. The highest BCUT2D eigenvalue weighted by atomic mass is 16.4. The molecule has 0 radical (unpaired) electrons. The summed E-state index contributed by atoms with van der Waals surface area (Å²) in [4.78, 5) is 26.0. The van der Waals surface area contributed by atoms with Crippen LogP contribution < -0.4 is 5.56 Å². The van der Waals surface area contributed by atoms with Crippen molar-refractivity contribution in [2.45, 2.75) is 71.9 Å². The summed E-state index contributed by atoms with van der Waals surface area (Å²) in [6, 6.07) is 15.8. The van der Waals surface area contributed by atoms with Crippen LogP contribution in [0, 0.1) is 5.41 Å². The Morgan fingerprint density at radius 1 is 1.13 bits per heavy atom. The van der Waals surface area contributed by atoms with Gasteiger partial charge in [-0.3, -0.25) is 14.3 Å². The fourth-order valence-electron chi connectivity index (χ4n) is 5.59. The minimum absolute atomic E-state index is 0.0540. The lowest BCUT2D eigenvalue weighted by Crippen LogP contribution is -2.43. The van der Waals surface area contributed by atoms with Gasteiger partial charge >= 0.3 is 5.97 Å². The molecule has 2 aromatic heterocycles. The maximum Gasteiger partial charge on any atom is 0.311 e. The molecule has 0 fully saturated rings. The van der Waals surface area contributed by atoms with E-state index in [-0.39, 0.29) is 11.6 Å². The quantitative estimate of drug-likeness (QED) is 0.329. The van der Waals surface area contributed by atoms with Gasteiger partial charge in [0.05, 0.1) is 11.5 Å². The van der Waals surface area contributed by atoms with Gasteiger partial charge in [-0.1, -0.05) is 61.9 Å². The minimum atomic E-state index is -1.03. The zero-order valence-electron chi connectivity index (χ0n) is 22.1. The first-order valence-corrected chi connectivity index (χ1v) is 13.3. The van der Waals surface area contributed by atoms with E-state index < -0.39 is 11.4 Å². The standard InChI is InChI=1S/C29H34N6O3/c1-4-5-11-24-23(27(36)35-25(12-8-17-34(24)35)29(2,3)28(37)38)18-19-13-15-20(16-14-19)21-9-6-7-10-22(21)26-30-32-33-31-26/h6-7,9-10,13-16,25H,4-5,8,11-12,17-18H2,1-3H3,(H,37,38)(H,30,31,32,33). The molecule has 9 nitrogen and oxygen atoms in total. The third kappa shape index (κ3) is 4.57. The normalized spacial score (nSPS) is 15.4. The van der Waals surface area contributed by atoms with Gasteiger partial charge in [-0.25, -0.2) is 4.68 Å². The molecule has 1 atom stereocenters.